The van der Waals surface area contributed by atoms with Crippen LogP contribution in [-0.4, -0.2) is 44.3 Å². The highest BCUT2D eigenvalue weighted by molar-refractivity contribution is 5.80. The van der Waals surface area contributed by atoms with Crippen LogP contribution in [0.1, 0.15) is 41.9 Å². The Morgan fingerprint density at radius 3 is 2.48 bits per heavy atom. The summed E-state index contributed by atoms with van der Waals surface area (Å²) in [6.07, 6.45) is 1.56. The molecule has 0 radical (unpaired) electrons. The van der Waals surface area contributed by atoms with Crippen LogP contribution in [0.25, 0.3) is 10.9 Å². The molecular formula is C31H34N6O3. The van der Waals surface area contributed by atoms with E-state index >= 15 is 0 Å². The van der Waals surface area contributed by atoms with Crippen LogP contribution in [0.3, 0.4) is 0 Å². The molecular weight excluding hydrogens is 504 g/mol. The largest absolute Gasteiger partial charge is 0.497 e. The van der Waals surface area contributed by atoms with E-state index in [4.69, 9.17) is 9.47 Å². The van der Waals surface area contributed by atoms with E-state index in [1.165, 1.54) is 5.56 Å². The second-order valence-electron chi connectivity index (χ2n) is 9.71. The van der Waals surface area contributed by atoms with Crippen LogP contribution in [-0.2, 0) is 26.1 Å². The highest BCUT2D eigenvalue weighted by Gasteiger charge is 2.27. The number of para-hydroxylation sites is 1. The van der Waals surface area contributed by atoms with Gasteiger partial charge in [-0.2, -0.15) is 0 Å². The van der Waals surface area contributed by atoms with Crippen molar-refractivity contribution in [1.29, 1.82) is 0 Å². The zero-order valence-electron chi connectivity index (χ0n) is 23.1. The first kappa shape index (κ1) is 27.1. The van der Waals surface area contributed by atoms with Crippen molar-refractivity contribution in [3.8, 4) is 11.5 Å². The first-order valence-corrected chi connectivity index (χ1v) is 13.5. The van der Waals surface area contributed by atoms with E-state index in [2.05, 4.69) is 44.5 Å². The predicted octanol–water partition coefficient (Wildman–Crippen LogP) is 4.93. The van der Waals surface area contributed by atoms with E-state index in [1.807, 2.05) is 71.4 Å². The molecule has 0 amide bonds. The van der Waals surface area contributed by atoms with Gasteiger partial charge in [0.15, 0.2) is 5.82 Å². The number of methoxy groups -OCH3 is 2. The van der Waals surface area contributed by atoms with Crippen molar-refractivity contribution in [2.45, 2.75) is 45.4 Å². The van der Waals surface area contributed by atoms with Crippen molar-refractivity contribution in [2.24, 2.45) is 0 Å². The molecule has 1 N–H and O–H groups in total. The van der Waals surface area contributed by atoms with Crippen LogP contribution in [0.5, 0.6) is 11.5 Å². The Labute approximate surface area is 233 Å². The van der Waals surface area contributed by atoms with Gasteiger partial charge >= 0.3 is 0 Å². The van der Waals surface area contributed by atoms with Gasteiger partial charge in [0, 0.05) is 41.7 Å². The maximum Gasteiger partial charge on any atom is 0.252 e. The molecule has 0 saturated carbocycles. The highest BCUT2D eigenvalue weighted by atomic mass is 16.5. The van der Waals surface area contributed by atoms with Gasteiger partial charge in [0.1, 0.15) is 11.5 Å². The van der Waals surface area contributed by atoms with Crippen molar-refractivity contribution in [2.75, 3.05) is 14.2 Å². The summed E-state index contributed by atoms with van der Waals surface area (Å²) in [4.78, 5) is 18.5. The van der Waals surface area contributed by atoms with Gasteiger partial charge in [-0.1, -0.05) is 55.5 Å². The van der Waals surface area contributed by atoms with E-state index in [0.717, 1.165) is 46.6 Å². The normalized spacial score (nSPS) is 12.1. The number of aryl methyl sites for hydroxylation is 2. The Balaban J connectivity index is 1.51. The quantitative estimate of drug-likeness (QED) is 0.241. The average molecular weight is 539 g/mol. The number of ether oxygens (including phenoxy) is 2. The molecule has 0 aliphatic rings. The zero-order valence-corrected chi connectivity index (χ0v) is 23.1. The molecule has 0 aliphatic heterocycles. The number of aromatic nitrogens is 5. The molecule has 2 heterocycles. The number of benzene rings is 3. The fourth-order valence-corrected chi connectivity index (χ4v) is 5.12. The fourth-order valence-electron chi connectivity index (χ4n) is 5.12. The van der Waals surface area contributed by atoms with Gasteiger partial charge in [-0.05, 0) is 59.2 Å². The van der Waals surface area contributed by atoms with Gasteiger partial charge in [0.05, 0.1) is 20.3 Å². The van der Waals surface area contributed by atoms with Crippen LogP contribution in [0.2, 0.25) is 0 Å². The predicted molar refractivity (Wildman–Crippen MR) is 154 cm³/mol. The number of hydrogen-bond acceptors (Lipinski definition) is 7. The Hall–Kier alpha value is -4.50. The molecule has 0 aliphatic carbocycles. The molecule has 0 bridgehead atoms. The van der Waals surface area contributed by atoms with Crippen LogP contribution in [0.4, 0.5) is 0 Å². The SMILES string of the molecule is CC[C@@H](c1nnnn1CCc1ccccc1)N(Cc1ccccc1OC)Cc1cc2cc(OC)ccc2[nH]c1=O. The molecule has 0 fully saturated rings. The summed E-state index contributed by atoms with van der Waals surface area (Å²) in [5, 5.41) is 13.7. The number of H-pyrrole nitrogens is 1. The number of nitrogens with zero attached hydrogens (tertiary/aromatic N) is 5. The monoisotopic (exact) mass is 538 g/mol. The maximum absolute atomic E-state index is 13.2. The Morgan fingerprint density at radius 1 is 0.925 bits per heavy atom. The number of pyridine rings is 1. The second-order valence-corrected chi connectivity index (χ2v) is 9.71. The summed E-state index contributed by atoms with van der Waals surface area (Å²) >= 11 is 0. The van der Waals surface area contributed by atoms with E-state index in [-0.39, 0.29) is 11.6 Å². The average Bonchev–Trinajstić information content (AvgIpc) is 3.45. The van der Waals surface area contributed by atoms with Crippen molar-refractivity contribution < 1.29 is 9.47 Å². The number of aromatic amines is 1. The molecule has 1 atom stereocenters. The molecule has 5 aromatic rings. The number of hydrogen-bond donors (Lipinski definition) is 1. The minimum atomic E-state index is -0.143. The first-order chi connectivity index (χ1) is 19.6. The van der Waals surface area contributed by atoms with Crippen LogP contribution >= 0.6 is 0 Å². The van der Waals surface area contributed by atoms with Crippen molar-refractivity contribution in [1.82, 2.24) is 30.1 Å². The topological polar surface area (TPSA) is 98.2 Å². The third-order valence-corrected chi connectivity index (χ3v) is 7.21. The Kier molecular flexibility index (Phi) is 8.51. The van der Waals surface area contributed by atoms with Crippen molar-refractivity contribution in [3.63, 3.8) is 0 Å². The molecule has 0 spiro atoms. The lowest BCUT2D eigenvalue weighted by Gasteiger charge is -2.30. The van der Waals surface area contributed by atoms with E-state index in [1.54, 1.807) is 14.2 Å². The molecule has 3 aromatic carbocycles. The van der Waals surface area contributed by atoms with Crippen molar-refractivity contribution in [3.05, 3.63) is 112 Å². The molecule has 2 aromatic heterocycles. The molecule has 0 saturated heterocycles. The summed E-state index contributed by atoms with van der Waals surface area (Å²) < 4.78 is 13.0. The van der Waals surface area contributed by atoms with Gasteiger partial charge in [0.25, 0.3) is 5.56 Å². The van der Waals surface area contributed by atoms with Gasteiger partial charge < -0.3 is 14.5 Å². The minimum Gasteiger partial charge on any atom is -0.497 e. The fraction of sp³-hybridized carbons (Fsp3) is 0.290. The lowest BCUT2D eigenvalue weighted by molar-refractivity contribution is 0.159. The van der Waals surface area contributed by atoms with Crippen LogP contribution in [0.15, 0.2) is 83.7 Å². The van der Waals surface area contributed by atoms with E-state index in [0.29, 0.717) is 25.2 Å². The molecule has 9 nitrogen and oxygen atoms in total. The third-order valence-electron chi connectivity index (χ3n) is 7.21. The van der Waals surface area contributed by atoms with Crippen LogP contribution in [0, 0.1) is 0 Å². The highest BCUT2D eigenvalue weighted by Crippen LogP contribution is 2.29. The molecule has 40 heavy (non-hydrogen) atoms. The lowest BCUT2D eigenvalue weighted by atomic mass is 10.1. The summed E-state index contributed by atoms with van der Waals surface area (Å²) in [7, 11) is 3.31. The summed E-state index contributed by atoms with van der Waals surface area (Å²) in [5.41, 5.74) is 3.54. The van der Waals surface area contributed by atoms with E-state index < -0.39 is 0 Å². The Morgan fingerprint density at radius 2 is 1.70 bits per heavy atom. The van der Waals surface area contributed by atoms with Gasteiger partial charge in [-0.15, -0.1) is 5.10 Å². The summed E-state index contributed by atoms with van der Waals surface area (Å²) in [6.45, 7) is 3.71. The molecule has 0 unspecified atom stereocenters. The minimum absolute atomic E-state index is 0.124. The van der Waals surface area contributed by atoms with Gasteiger partial charge in [0.2, 0.25) is 0 Å². The Bertz CT molecular complexity index is 1610. The second kappa shape index (κ2) is 12.6. The number of nitrogens with one attached hydrogen (secondary N) is 1. The first-order valence-electron chi connectivity index (χ1n) is 13.5. The number of rotatable bonds is 12. The smallest absolute Gasteiger partial charge is 0.252 e. The van der Waals surface area contributed by atoms with E-state index in [9.17, 15) is 4.79 Å². The number of tetrazole rings is 1. The van der Waals surface area contributed by atoms with Gasteiger partial charge in [-0.25, -0.2) is 4.68 Å². The molecule has 206 valence electrons. The summed E-state index contributed by atoms with van der Waals surface area (Å²) in [5.74, 6) is 2.30. The molecule has 5 rings (SSSR count). The van der Waals surface area contributed by atoms with Crippen molar-refractivity contribution >= 4 is 10.9 Å². The zero-order chi connectivity index (χ0) is 27.9. The maximum atomic E-state index is 13.2. The number of fused-ring (bicyclic) bond motifs is 1. The van der Waals surface area contributed by atoms with Crippen LogP contribution < -0.4 is 15.0 Å². The standard InChI is InChI=1S/C31H34N6O3/c1-4-28(30-33-34-35-37(30)17-16-22-10-6-5-7-11-22)36(20-23-12-8-9-13-29(23)40-3)21-25-18-24-19-26(39-2)14-15-27(24)32-31(25)38/h5-15,18-19,28H,4,16-17,20-21H2,1-3H3,(H,32,38)/t28-/m0/s1. The lowest BCUT2D eigenvalue weighted by Crippen LogP contribution is -2.32. The summed E-state index contributed by atoms with van der Waals surface area (Å²) in [6, 6.07) is 25.7. The molecule has 9 heteroatoms. The third kappa shape index (κ3) is 6.05. The van der Waals surface area contributed by atoms with Gasteiger partial charge in [-0.3, -0.25) is 9.69 Å².